The first-order valence-electron chi connectivity index (χ1n) is 17.8. The van der Waals surface area contributed by atoms with Crippen molar-refractivity contribution in [2.45, 2.75) is 67.5 Å². The highest BCUT2D eigenvalue weighted by Gasteiger charge is 2.29. The summed E-state index contributed by atoms with van der Waals surface area (Å²) in [5, 5.41) is 1.92. The number of benzene rings is 3. The van der Waals surface area contributed by atoms with Crippen LogP contribution in [-0.4, -0.2) is 91.5 Å². The van der Waals surface area contributed by atoms with Gasteiger partial charge in [0.1, 0.15) is 18.0 Å². The lowest BCUT2D eigenvalue weighted by Gasteiger charge is -2.37. The van der Waals surface area contributed by atoms with Crippen LogP contribution < -0.4 is 5.36 Å². The molecule has 1 amide bonds. The third kappa shape index (κ3) is 8.45. The van der Waals surface area contributed by atoms with Gasteiger partial charge in [0.2, 0.25) is 6.54 Å². The molecule has 3 aliphatic rings. The van der Waals surface area contributed by atoms with Crippen LogP contribution in [0.1, 0.15) is 61.7 Å². The molecule has 0 radical (unpaired) electrons. The summed E-state index contributed by atoms with van der Waals surface area (Å²) in [5.74, 6) is 0.801. The number of nitrogens with zero attached hydrogens (tertiary/aromatic N) is 5. The lowest BCUT2D eigenvalue weighted by Crippen LogP contribution is -2.49. The van der Waals surface area contributed by atoms with Crippen molar-refractivity contribution in [2.75, 3.05) is 59.0 Å². The average molecular weight is 698 g/mol. The van der Waals surface area contributed by atoms with E-state index in [1.165, 1.54) is 5.56 Å². The molecule has 1 unspecified atom stereocenters. The van der Waals surface area contributed by atoms with E-state index in [-0.39, 0.29) is 18.0 Å². The first-order valence-corrected chi connectivity index (χ1v) is 18.9. The summed E-state index contributed by atoms with van der Waals surface area (Å²) in [7, 11) is -1.27. The second-order valence-electron chi connectivity index (χ2n) is 13.6. The molecule has 1 aliphatic carbocycles. The number of amides is 1. The summed E-state index contributed by atoms with van der Waals surface area (Å²) in [6.07, 6.45) is 0. The highest BCUT2D eigenvalue weighted by atomic mass is 31.2. The van der Waals surface area contributed by atoms with Gasteiger partial charge >= 0.3 is 0 Å². The Morgan fingerprint density at radius 3 is 2.30 bits per heavy atom. The Bertz CT molecular complexity index is 1860. The molecule has 2 aromatic carbocycles. The Kier molecular flexibility index (Phi) is 12.8. The number of rotatable bonds is 13. The number of carbonyl (C=O) groups excluding carboxylic acids is 1. The van der Waals surface area contributed by atoms with Gasteiger partial charge in [-0.3, -0.25) is 14.7 Å². The van der Waals surface area contributed by atoms with Crippen LogP contribution in [0.2, 0.25) is 0 Å². The van der Waals surface area contributed by atoms with Crippen molar-refractivity contribution in [3.63, 3.8) is 0 Å². The molecule has 1 fully saturated rings. The van der Waals surface area contributed by atoms with Crippen LogP contribution in [0.5, 0.6) is 0 Å². The van der Waals surface area contributed by atoms with Crippen molar-refractivity contribution in [1.82, 2.24) is 14.5 Å². The molecule has 0 saturated carbocycles. The Morgan fingerprint density at radius 2 is 1.62 bits per heavy atom. The smallest absolute Gasteiger partial charge is 0.259 e. The molecular weight excluding hydrogens is 645 g/mol. The van der Waals surface area contributed by atoms with Gasteiger partial charge in [-0.05, 0) is 102 Å². The zero-order valence-corrected chi connectivity index (χ0v) is 31.8. The summed E-state index contributed by atoms with van der Waals surface area (Å²) in [4.78, 5) is 26.8. The van der Waals surface area contributed by atoms with Crippen LogP contribution in [0.25, 0.3) is 38.3 Å². The molecular formula is C40H52N5O4P. The third-order valence-electron chi connectivity index (χ3n) is 9.33. The minimum absolute atomic E-state index is 0.0398. The van der Waals surface area contributed by atoms with Crippen molar-refractivity contribution in [3.05, 3.63) is 87.6 Å². The number of aryl methyl sites for hydroxylation is 3. The van der Waals surface area contributed by atoms with Crippen LogP contribution >= 0.6 is 8.53 Å². The lowest BCUT2D eigenvalue weighted by atomic mass is 9.88. The quantitative estimate of drug-likeness (QED) is 0.0609. The topological polar surface area (TPSA) is 75.1 Å². The maximum Gasteiger partial charge on any atom is 0.259 e. The zero-order valence-electron chi connectivity index (χ0n) is 31.0. The molecule has 0 N–H and O–H groups in total. The van der Waals surface area contributed by atoms with E-state index in [4.69, 9.17) is 25.0 Å². The average Bonchev–Trinajstić information content (AvgIpc) is 3.08. The molecule has 2 heterocycles. The van der Waals surface area contributed by atoms with E-state index in [9.17, 15) is 4.79 Å². The van der Waals surface area contributed by atoms with E-state index in [0.717, 1.165) is 69.5 Å². The second kappa shape index (κ2) is 17.0. The number of carbonyl (C=O) groups is 1. The molecule has 2 aliphatic heterocycles. The fraction of sp³-hybridized carbons (Fsp3) is 0.475. The van der Waals surface area contributed by atoms with Gasteiger partial charge in [0.05, 0.1) is 12.0 Å². The largest absolute Gasteiger partial charge is 0.456 e. The molecule has 10 heteroatoms. The minimum Gasteiger partial charge on any atom is -0.456 e. The number of piperazine rings is 1. The van der Waals surface area contributed by atoms with Crippen molar-refractivity contribution in [3.8, 4) is 22.5 Å². The first kappa shape index (κ1) is 37.6. The molecule has 0 spiro atoms. The molecule has 50 heavy (non-hydrogen) atoms. The maximum absolute atomic E-state index is 14.3. The Labute approximate surface area is 299 Å². The zero-order chi connectivity index (χ0) is 35.9. The fourth-order valence-corrected chi connectivity index (χ4v) is 8.28. The number of hydrogen-bond acceptors (Lipinski definition) is 7. The normalized spacial score (nSPS) is 15.2. The van der Waals surface area contributed by atoms with Crippen molar-refractivity contribution < 1.29 is 18.3 Å². The Balaban J connectivity index is 1.36. The molecule has 0 bridgehead atoms. The number of hydrogen-bond donors (Lipinski definition) is 0. The monoisotopic (exact) mass is 697 g/mol. The van der Waals surface area contributed by atoms with Crippen molar-refractivity contribution in [1.29, 1.82) is 0 Å². The van der Waals surface area contributed by atoms with Gasteiger partial charge < -0.3 is 23.2 Å². The predicted molar refractivity (Wildman–Crippen MR) is 203 cm³/mol. The lowest BCUT2D eigenvalue weighted by molar-refractivity contribution is 0.0615. The standard InChI is InChI=1S/C40H52N5O4P/c1-10-42-36-26-38-35(24-31(36)8)39(34-23-29(6)30(7)25-37(34)49-38)32-13-11-12-14-33(32)40(46)44-18-16-43(17-19-44)20-22-48-50(47-21-15-41-9)45(27(2)3)28(4)5/h11-14,23-28H,10,15-22H2,1-8H3/b42-36-. The van der Waals surface area contributed by atoms with Gasteiger partial charge in [-0.25, -0.2) is 11.2 Å². The van der Waals surface area contributed by atoms with Crippen LogP contribution in [-0.2, 0) is 9.05 Å². The second-order valence-corrected chi connectivity index (χ2v) is 15.0. The van der Waals surface area contributed by atoms with Crippen LogP contribution in [0.15, 0.2) is 57.9 Å². The molecule has 2 aromatic rings. The number of fused-ring (bicyclic) bond motifs is 2. The molecule has 1 atom stereocenters. The van der Waals surface area contributed by atoms with Gasteiger partial charge in [-0.2, -0.15) is 0 Å². The Morgan fingerprint density at radius 1 is 0.940 bits per heavy atom. The van der Waals surface area contributed by atoms with E-state index in [1.54, 1.807) is 0 Å². The van der Waals surface area contributed by atoms with Crippen molar-refractivity contribution >= 4 is 25.4 Å². The summed E-state index contributed by atoms with van der Waals surface area (Å²) in [5.41, 5.74) is 7.81. The highest BCUT2D eigenvalue weighted by Crippen LogP contribution is 2.46. The van der Waals surface area contributed by atoms with Gasteiger partial charge in [-0.1, -0.05) is 18.2 Å². The molecule has 0 aromatic heterocycles. The summed E-state index contributed by atoms with van der Waals surface area (Å²) >= 11 is 0. The highest BCUT2D eigenvalue weighted by molar-refractivity contribution is 7.44. The van der Waals surface area contributed by atoms with Gasteiger partial charge in [0, 0.05) is 79.5 Å². The Hall–Kier alpha value is -3.64. The van der Waals surface area contributed by atoms with Crippen LogP contribution in [0.4, 0.5) is 0 Å². The van der Waals surface area contributed by atoms with E-state index in [0.29, 0.717) is 45.0 Å². The van der Waals surface area contributed by atoms with E-state index < -0.39 is 8.53 Å². The van der Waals surface area contributed by atoms with E-state index in [1.807, 2.05) is 36.1 Å². The predicted octanol–water partition coefficient (Wildman–Crippen LogP) is 8.11. The van der Waals surface area contributed by atoms with Gasteiger partial charge in [0.15, 0.2) is 0 Å². The molecule has 5 rings (SSSR count). The molecule has 266 valence electrons. The summed E-state index contributed by atoms with van der Waals surface area (Å²) in [6, 6.07) is 17.0. The van der Waals surface area contributed by atoms with Crippen LogP contribution in [0.3, 0.4) is 0 Å². The van der Waals surface area contributed by atoms with Crippen molar-refractivity contribution in [2.24, 2.45) is 4.99 Å². The summed E-state index contributed by atoms with van der Waals surface area (Å²) in [6.45, 7) is 29.5. The van der Waals surface area contributed by atoms with Gasteiger partial charge in [0.25, 0.3) is 14.4 Å². The SMILES string of the molecule is [C-]#[N+]CCOP(OCCN1CCN(C(=O)c2ccccc2-c2c3cc(C)/c(=N\CC)cc-3oc3cc(C)c(C)cc23)CC1)N(C(C)C)C(C)C. The minimum atomic E-state index is -1.27. The first-order chi connectivity index (χ1) is 24.0. The van der Waals surface area contributed by atoms with E-state index >= 15 is 0 Å². The molecule has 9 nitrogen and oxygen atoms in total. The fourth-order valence-electron chi connectivity index (χ4n) is 6.71. The molecule has 1 saturated heterocycles. The maximum atomic E-state index is 14.3. The summed E-state index contributed by atoms with van der Waals surface area (Å²) < 4.78 is 21.2. The third-order valence-corrected chi connectivity index (χ3v) is 11.4. The van der Waals surface area contributed by atoms with Gasteiger partial charge in [-0.15, -0.1) is 0 Å². The van der Waals surface area contributed by atoms with E-state index in [2.05, 4.69) is 87.1 Å². The van der Waals surface area contributed by atoms with Crippen LogP contribution in [0, 0.1) is 27.3 Å².